The van der Waals surface area contributed by atoms with Crippen LogP contribution in [0.4, 0.5) is 5.82 Å². The number of anilines is 1. The minimum Gasteiger partial charge on any atom is -0.491 e. The molecule has 2 aromatic rings. The lowest BCUT2D eigenvalue weighted by molar-refractivity contribution is 0.117. The molecule has 0 bridgehead atoms. The topological polar surface area (TPSA) is 67.3 Å². The van der Waals surface area contributed by atoms with Gasteiger partial charge in [0.05, 0.1) is 11.4 Å². The predicted octanol–water partition coefficient (Wildman–Crippen LogP) is 2.25. The first-order chi connectivity index (χ1) is 10.0. The SMILES string of the molecule is Cc1cccc(OC[C@H](O)CNc2nc(C)cnc2C)c1. The van der Waals surface area contributed by atoms with Gasteiger partial charge in [0.1, 0.15) is 24.3 Å². The van der Waals surface area contributed by atoms with E-state index in [1.807, 2.05) is 45.0 Å². The molecule has 0 amide bonds. The normalized spacial score (nSPS) is 12.0. The lowest BCUT2D eigenvalue weighted by Gasteiger charge is -2.14. The van der Waals surface area contributed by atoms with Crippen LogP contribution in [0.5, 0.6) is 5.75 Å². The molecule has 1 aromatic heterocycles. The number of nitrogens with zero attached hydrogens (tertiary/aromatic N) is 2. The number of hydrogen-bond acceptors (Lipinski definition) is 5. The van der Waals surface area contributed by atoms with Gasteiger partial charge in [-0.2, -0.15) is 0 Å². The predicted molar refractivity (Wildman–Crippen MR) is 82.7 cm³/mol. The zero-order chi connectivity index (χ0) is 15.2. The number of hydrogen-bond donors (Lipinski definition) is 2. The lowest BCUT2D eigenvalue weighted by Crippen LogP contribution is -2.27. The maximum atomic E-state index is 9.97. The van der Waals surface area contributed by atoms with Crippen LogP contribution in [-0.4, -0.2) is 34.3 Å². The van der Waals surface area contributed by atoms with Crippen molar-refractivity contribution >= 4 is 5.82 Å². The zero-order valence-corrected chi connectivity index (χ0v) is 12.6. The zero-order valence-electron chi connectivity index (χ0n) is 12.6. The molecule has 0 unspecified atom stereocenters. The maximum Gasteiger partial charge on any atom is 0.147 e. The lowest BCUT2D eigenvalue weighted by atomic mass is 10.2. The molecule has 0 fully saturated rings. The molecule has 5 nitrogen and oxygen atoms in total. The minimum atomic E-state index is -0.618. The highest BCUT2D eigenvalue weighted by molar-refractivity contribution is 5.39. The highest BCUT2D eigenvalue weighted by atomic mass is 16.5. The van der Waals surface area contributed by atoms with Crippen molar-refractivity contribution < 1.29 is 9.84 Å². The molecular formula is C16H21N3O2. The Morgan fingerprint density at radius 2 is 2.10 bits per heavy atom. The summed E-state index contributed by atoms with van der Waals surface area (Å²) in [6.45, 7) is 6.36. The van der Waals surface area contributed by atoms with Gasteiger partial charge in [-0.05, 0) is 38.5 Å². The quantitative estimate of drug-likeness (QED) is 0.853. The van der Waals surface area contributed by atoms with Gasteiger partial charge in [0.25, 0.3) is 0 Å². The molecule has 112 valence electrons. The van der Waals surface area contributed by atoms with E-state index < -0.39 is 6.10 Å². The summed E-state index contributed by atoms with van der Waals surface area (Å²) in [6, 6.07) is 7.75. The van der Waals surface area contributed by atoms with Gasteiger partial charge in [-0.15, -0.1) is 0 Å². The van der Waals surface area contributed by atoms with Crippen LogP contribution in [0.1, 0.15) is 17.0 Å². The molecule has 0 radical (unpaired) electrons. The Morgan fingerprint density at radius 1 is 1.29 bits per heavy atom. The molecule has 0 aliphatic heterocycles. The molecule has 0 saturated heterocycles. The molecule has 2 rings (SSSR count). The molecule has 0 spiro atoms. The number of aliphatic hydroxyl groups excluding tert-OH is 1. The van der Waals surface area contributed by atoms with Crippen LogP contribution in [0, 0.1) is 20.8 Å². The monoisotopic (exact) mass is 287 g/mol. The van der Waals surface area contributed by atoms with Crippen molar-refractivity contribution in [2.24, 2.45) is 0 Å². The van der Waals surface area contributed by atoms with Gasteiger partial charge in [0.2, 0.25) is 0 Å². The van der Waals surface area contributed by atoms with Gasteiger partial charge in [-0.1, -0.05) is 12.1 Å². The Bertz CT molecular complexity index is 602. The van der Waals surface area contributed by atoms with Crippen LogP contribution < -0.4 is 10.1 Å². The highest BCUT2D eigenvalue weighted by Crippen LogP contribution is 2.13. The fourth-order valence-electron chi connectivity index (χ4n) is 1.88. The first-order valence-electron chi connectivity index (χ1n) is 6.96. The number of aromatic nitrogens is 2. The molecule has 0 saturated carbocycles. The smallest absolute Gasteiger partial charge is 0.147 e. The van der Waals surface area contributed by atoms with Gasteiger partial charge in [0.15, 0.2) is 0 Å². The summed E-state index contributed by atoms with van der Waals surface area (Å²) in [7, 11) is 0. The largest absolute Gasteiger partial charge is 0.491 e. The summed E-state index contributed by atoms with van der Waals surface area (Å²) in [5.41, 5.74) is 2.78. The fourth-order valence-corrected chi connectivity index (χ4v) is 1.88. The Kier molecular flexibility index (Phi) is 5.11. The summed E-state index contributed by atoms with van der Waals surface area (Å²) < 4.78 is 5.56. The van der Waals surface area contributed by atoms with E-state index in [9.17, 15) is 5.11 Å². The number of benzene rings is 1. The molecule has 21 heavy (non-hydrogen) atoms. The Hall–Kier alpha value is -2.14. The van der Waals surface area contributed by atoms with Gasteiger partial charge in [-0.3, -0.25) is 4.98 Å². The second kappa shape index (κ2) is 7.04. The van der Waals surface area contributed by atoms with Crippen LogP contribution in [0.2, 0.25) is 0 Å². The Balaban J connectivity index is 1.82. The first-order valence-corrected chi connectivity index (χ1v) is 6.96. The van der Waals surface area contributed by atoms with E-state index in [4.69, 9.17) is 4.74 Å². The van der Waals surface area contributed by atoms with Gasteiger partial charge >= 0.3 is 0 Å². The third kappa shape index (κ3) is 4.72. The third-order valence-corrected chi connectivity index (χ3v) is 3.01. The maximum absolute atomic E-state index is 9.97. The molecule has 1 heterocycles. The van der Waals surface area contributed by atoms with Gasteiger partial charge in [-0.25, -0.2) is 4.98 Å². The number of ether oxygens (including phenoxy) is 1. The summed E-state index contributed by atoms with van der Waals surface area (Å²) in [4.78, 5) is 8.57. The number of aliphatic hydroxyl groups is 1. The second-order valence-corrected chi connectivity index (χ2v) is 5.11. The summed E-state index contributed by atoms with van der Waals surface area (Å²) in [6.07, 6.45) is 1.10. The summed E-state index contributed by atoms with van der Waals surface area (Å²) in [5.74, 6) is 1.46. The molecule has 1 aromatic carbocycles. The van der Waals surface area contributed by atoms with Crippen molar-refractivity contribution in [3.8, 4) is 5.75 Å². The van der Waals surface area contributed by atoms with E-state index in [2.05, 4.69) is 15.3 Å². The van der Waals surface area contributed by atoms with E-state index in [1.54, 1.807) is 6.20 Å². The van der Waals surface area contributed by atoms with E-state index >= 15 is 0 Å². The van der Waals surface area contributed by atoms with Crippen LogP contribution in [-0.2, 0) is 0 Å². The summed E-state index contributed by atoms with van der Waals surface area (Å²) in [5, 5.41) is 13.1. The third-order valence-electron chi connectivity index (χ3n) is 3.01. The van der Waals surface area contributed by atoms with Crippen molar-refractivity contribution in [3.05, 3.63) is 47.4 Å². The number of rotatable bonds is 6. The Morgan fingerprint density at radius 3 is 2.86 bits per heavy atom. The fraction of sp³-hybridized carbons (Fsp3) is 0.375. The first kappa shape index (κ1) is 15.3. The van der Waals surface area contributed by atoms with E-state index in [1.165, 1.54) is 0 Å². The standard InChI is InChI=1S/C16H21N3O2/c1-11-5-4-6-15(7-11)21-10-14(20)9-18-16-13(3)17-8-12(2)19-16/h4-8,14,20H,9-10H2,1-3H3,(H,18,19)/t14-/m1/s1. The average molecular weight is 287 g/mol. The van der Waals surface area contributed by atoms with Crippen LogP contribution in [0.3, 0.4) is 0 Å². The van der Waals surface area contributed by atoms with E-state index in [0.29, 0.717) is 12.4 Å². The van der Waals surface area contributed by atoms with Crippen LogP contribution >= 0.6 is 0 Å². The van der Waals surface area contributed by atoms with Gasteiger partial charge < -0.3 is 15.2 Å². The second-order valence-electron chi connectivity index (χ2n) is 5.11. The molecule has 0 aliphatic rings. The number of aryl methyl sites for hydroxylation is 3. The molecule has 2 N–H and O–H groups in total. The molecule has 5 heteroatoms. The molecular weight excluding hydrogens is 266 g/mol. The number of nitrogens with one attached hydrogen (secondary N) is 1. The minimum absolute atomic E-state index is 0.231. The van der Waals surface area contributed by atoms with Crippen molar-refractivity contribution in [2.75, 3.05) is 18.5 Å². The highest BCUT2D eigenvalue weighted by Gasteiger charge is 2.08. The summed E-state index contributed by atoms with van der Waals surface area (Å²) >= 11 is 0. The van der Waals surface area contributed by atoms with Gasteiger partial charge in [0, 0.05) is 12.7 Å². The Labute approximate surface area is 125 Å². The van der Waals surface area contributed by atoms with Crippen molar-refractivity contribution in [2.45, 2.75) is 26.9 Å². The molecule has 1 atom stereocenters. The van der Waals surface area contributed by atoms with Crippen LogP contribution in [0.25, 0.3) is 0 Å². The van der Waals surface area contributed by atoms with Crippen molar-refractivity contribution in [1.82, 2.24) is 9.97 Å². The van der Waals surface area contributed by atoms with E-state index in [0.717, 1.165) is 22.7 Å². The van der Waals surface area contributed by atoms with Crippen LogP contribution in [0.15, 0.2) is 30.5 Å². The van der Waals surface area contributed by atoms with E-state index in [-0.39, 0.29) is 6.61 Å². The molecule has 0 aliphatic carbocycles. The van der Waals surface area contributed by atoms with Crippen molar-refractivity contribution in [3.63, 3.8) is 0 Å². The average Bonchev–Trinajstić information content (AvgIpc) is 2.46. The van der Waals surface area contributed by atoms with Crippen molar-refractivity contribution in [1.29, 1.82) is 0 Å².